The SMILES string of the molecule is Nc1cc(F)c(Cl)cc1Oc1cccc(Cl)c1Cl. The second-order valence-electron chi connectivity index (χ2n) is 3.46. The van der Waals surface area contributed by atoms with Crippen molar-refractivity contribution in [1.29, 1.82) is 0 Å². The molecule has 2 aromatic rings. The standard InChI is InChI=1S/C12H7Cl3FNO/c13-6-2-1-3-10(12(6)15)18-11-4-7(14)8(16)5-9(11)17/h1-5H,17H2. The summed E-state index contributed by atoms with van der Waals surface area (Å²) >= 11 is 17.5. The number of nitrogens with two attached hydrogens (primary N) is 1. The van der Waals surface area contributed by atoms with E-state index in [0.29, 0.717) is 10.8 Å². The Morgan fingerprint density at radius 2 is 1.72 bits per heavy atom. The summed E-state index contributed by atoms with van der Waals surface area (Å²) in [5.41, 5.74) is 5.74. The Hall–Kier alpha value is -1.16. The Labute approximate surface area is 118 Å². The molecule has 0 aliphatic heterocycles. The van der Waals surface area contributed by atoms with Crippen LogP contribution in [0.5, 0.6) is 11.5 Å². The molecule has 0 atom stereocenters. The van der Waals surface area contributed by atoms with Gasteiger partial charge in [0.15, 0.2) is 5.75 Å². The predicted octanol–water partition coefficient (Wildman–Crippen LogP) is 5.16. The smallest absolute Gasteiger partial charge is 0.152 e. The lowest BCUT2D eigenvalue weighted by atomic mass is 10.3. The molecule has 0 fully saturated rings. The molecule has 0 amide bonds. The van der Waals surface area contributed by atoms with Crippen molar-refractivity contribution in [2.45, 2.75) is 0 Å². The van der Waals surface area contributed by atoms with Crippen molar-refractivity contribution in [3.63, 3.8) is 0 Å². The van der Waals surface area contributed by atoms with Crippen LogP contribution in [0.25, 0.3) is 0 Å². The topological polar surface area (TPSA) is 35.2 Å². The van der Waals surface area contributed by atoms with E-state index < -0.39 is 5.82 Å². The minimum Gasteiger partial charge on any atom is -0.454 e. The van der Waals surface area contributed by atoms with Gasteiger partial charge in [-0.05, 0) is 12.1 Å². The molecule has 2 rings (SSSR count). The molecule has 0 spiro atoms. The van der Waals surface area contributed by atoms with Crippen LogP contribution in [0, 0.1) is 5.82 Å². The number of hydrogen-bond donors (Lipinski definition) is 1. The summed E-state index contributed by atoms with van der Waals surface area (Å²) in [6, 6.07) is 7.27. The molecular formula is C12H7Cl3FNO. The Kier molecular flexibility index (Phi) is 3.85. The average Bonchev–Trinajstić information content (AvgIpc) is 2.32. The van der Waals surface area contributed by atoms with Gasteiger partial charge in [-0.2, -0.15) is 0 Å². The number of ether oxygens (including phenoxy) is 1. The fourth-order valence-electron chi connectivity index (χ4n) is 1.31. The molecule has 0 unspecified atom stereocenters. The number of rotatable bonds is 2. The lowest BCUT2D eigenvalue weighted by Gasteiger charge is -2.11. The Morgan fingerprint density at radius 1 is 1.00 bits per heavy atom. The van der Waals surface area contributed by atoms with Crippen molar-refractivity contribution in [3.05, 3.63) is 51.2 Å². The first kappa shape index (κ1) is 13.3. The number of halogens is 4. The molecule has 0 saturated heterocycles. The third kappa shape index (κ3) is 2.64. The van der Waals surface area contributed by atoms with Crippen LogP contribution in [-0.2, 0) is 0 Å². The Bertz CT molecular complexity index is 604. The van der Waals surface area contributed by atoms with Crippen molar-refractivity contribution >= 4 is 40.5 Å². The lowest BCUT2D eigenvalue weighted by molar-refractivity contribution is 0.483. The molecule has 2 N–H and O–H groups in total. The summed E-state index contributed by atoms with van der Waals surface area (Å²) < 4.78 is 18.6. The molecule has 0 aromatic heterocycles. The van der Waals surface area contributed by atoms with Crippen molar-refractivity contribution in [2.75, 3.05) is 5.73 Å². The molecular weight excluding hydrogens is 299 g/mol. The van der Waals surface area contributed by atoms with Gasteiger partial charge in [0.25, 0.3) is 0 Å². The minimum absolute atomic E-state index is 0.0858. The summed E-state index contributed by atoms with van der Waals surface area (Å²) in [6.07, 6.45) is 0. The van der Waals surface area contributed by atoms with E-state index in [-0.39, 0.29) is 21.5 Å². The van der Waals surface area contributed by atoms with Gasteiger partial charge >= 0.3 is 0 Å². The van der Waals surface area contributed by atoms with Crippen LogP contribution in [0.3, 0.4) is 0 Å². The van der Waals surface area contributed by atoms with Gasteiger partial charge in [0.1, 0.15) is 16.6 Å². The summed E-state index contributed by atoms with van der Waals surface area (Å²) in [6.45, 7) is 0. The molecule has 18 heavy (non-hydrogen) atoms. The van der Waals surface area contributed by atoms with E-state index in [9.17, 15) is 4.39 Å². The quantitative estimate of drug-likeness (QED) is 0.778. The minimum atomic E-state index is -0.612. The zero-order valence-corrected chi connectivity index (χ0v) is 11.2. The zero-order chi connectivity index (χ0) is 13.3. The van der Waals surface area contributed by atoms with E-state index in [1.807, 2.05) is 0 Å². The van der Waals surface area contributed by atoms with Crippen LogP contribution in [0.2, 0.25) is 15.1 Å². The normalized spacial score (nSPS) is 10.4. The maximum atomic E-state index is 13.1. The maximum Gasteiger partial charge on any atom is 0.152 e. The van der Waals surface area contributed by atoms with Gasteiger partial charge in [-0.15, -0.1) is 0 Å². The van der Waals surface area contributed by atoms with Crippen molar-refractivity contribution in [2.24, 2.45) is 0 Å². The molecule has 0 aliphatic carbocycles. The summed E-state index contributed by atoms with van der Waals surface area (Å²) in [5.74, 6) is -0.0807. The second kappa shape index (κ2) is 5.22. The zero-order valence-electron chi connectivity index (χ0n) is 8.88. The highest BCUT2D eigenvalue weighted by Gasteiger charge is 2.11. The third-order valence-corrected chi connectivity index (χ3v) is 3.28. The van der Waals surface area contributed by atoms with E-state index in [0.717, 1.165) is 6.07 Å². The second-order valence-corrected chi connectivity index (χ2v) is 4.65. The highest BCUT2D eigenvalue weighted by molar-refractivity contribution is 6.42. The fourth-order valence-corrected chi connectivity index (χ4v) is 1.80. The van der Waals surface area contributed by atoms with Gasteiger partial charge in [0.05, 0.1) is 15.7 Å². The van der Waals surface area contributed by atoms with E-state index >= 15 is 0 Å². The first-order valence-electron chi connectivity index (χ1n) is 4.85. The third-order valence-electron chi connectivity index (χ3n) is 2.19. The van der Waals surface area contributed by atoms with Gasteiger partial charge in [0, 0.05) is 12.1 Å². The number of anilines is 1. The molecule has 0 aliphatic rings. The largest absolute Gasteiger partial charge is 0.454 e. The molecule has 94 valence electrons. The van der Waals surface area contributed by atoms with Crippen LogP contribution >= 0.6 is 34.8 Å². The molecule has 2 nitrogen and oxygen atoms in total. The molecule has 2 aromatic carbocycles. The molecule has 0 bridgehead atoms. The number of benzene rings is 2. The average molecular weight is 307 g/mol. The highest BCUT2D eigenvalue weighted by Crippen LogP contribution is 2.37. The summed E-state index contributed by atoms with van der Waals surface area (Å²) in [7, 11) is 0. The first-order chi connectivity index (χ1) is 8.49. The van der Waals surface area contributed by atoms with Crippen LogP contribution in [0.1, 0.15) is 0 Å². The van der Waals surface area contributed by atoms with Gasteiger partial charge in [-0.3, -0.25) is 0 Å². The van der Waals surface area contributed by atoms with E-state index in [1.165, 1.54) is 6.07 Å². The van der Waals surface area contributed by atoms with Crippen LogP contribution in [0.4, 0.5) is 10.1 Å². The van der Waals surface area contributed by atoms with Crippen molar-refractivity contribution in [3.8, 4) is 11.5 Å². The molecule has 0 heterocycles. The molecule has 0 saturated carbocycles. The van der Waals surface area contributed by atoms with Crippen LogP contribution < -0.4 is 10.5 Å². The fraction of sp³-hybridized carbons (Fsp3) is 0. The Morgan fingerprint density at radius 3 is 2.44 bits per heavy atom. The molecule has 0 radical (unpaired) electrons. The maximum absolute atomic E-state index is 13.1. The summed E-state index contributed by atoms with van der Waals surface area (Å²) in [4.78, 5) is 0. The predicted molar refractivity (Wildman–Crippen MR) is 72.4 cm³/mol. The van der Waals surface area contributed by atoms with Gasteiger partial charge in [0.2, 0.25) is 0 Å². The molecule has 6 heteroatoms. The van der Waals surface area contributed by atoms with E-state index in [2.05, 4.69) is 0 Å². The van der Waals surface area contributed by atoms with Crippen LogP contribution in [0.15, 0.2) is 30.3 Å². The monoisotopic (exact) mass is 305 g/mol. The van der Waals surface area contributed by atoms with E-state index in [1.54, 1.807) is 18.2 Å². The number of hydrogen-bond acceptors (Lipinski definition) is 2. The number of nitrogen functional groups attached to an aromatic ring is 1. The van der Waals surface area contributed by atoms with E-state index in [4.69, 9.17) is 45.3 Å². The van der Waals surface area contributed by atoms with Crippen LogP contribution in [-0.4, -0.2) is 0 Å². The van der Waals surface area contributed by atoms with Gasteiger partial charge in [-0.25, -0.2) is 4.39 Å². The van der Waals surface area contributed by atoms with Crippen molar-refractivity contribution in [1.82, 2.24) is 0 Å². The van der Waals surface area contributed by atoms with Gasteiger partial charge in [-0.1, -0.05) is 40.9 Å². The summed E-state index contributed by atoms with van der Waals surface area (Å²) in [5, 5.41) is 0.511. The Balaban J connectivity index is 2.40. The highest BCUT2D eigenvalue weighted by atomic mass is 35.5. The van der Waals surface area contributed by atoms with Gasteiger partial charge < -0.3 is 10.5 Å². The lowest BCUT2D eigenvalue weighted by Crippen LogP contribution is -1.94. The van der Waals surface area contributed by atoms with Crippen molar-refractivity contribution < 1.29 is 9.13 Å². The first-order valence-corrected chi connectivity index (χ1v) is 5.99.